The van der Waals surface area contributed by atoms with Crippen molar-refractivity contribution in [1.82, 2.24) is 5.32 Å². The number of ether oxygens (including phenoxy) is 1. The SMILES string of the molecule is C[C@@H](NC(=O)COC(=O)c1ccc(O)cc1)c1ccc2c(c1)CCCC2. The molecule has 1 aliphatic rings. The lowest BCUT2D eigenvalue weighted by atomic mass is 9.89. The first-order valence-electron chi connectivity index (χ1n) is 8.90. The predicted molar refractivity (Wildman–Crippen MR) is 98.0 cm³/mol. The van der Waals surface area contributed by atoms with Crippen LogP contribution in [0, 0.1) is 0 Å². The number of benzene rings is 2. The lowest BCUT2D eigenvalue weighted by Gasteiger charge is -2.20. The third-order valence-corrected chi connectivity index (χ3v) is 4.69. The van der Waals surface area contributed by atoms with Crippen molar-refractivity contribution in [3.05, 3.63) is 64.7 Å². The zero-order valence-corrected chi connectivity index (χ0v) is 14.8. The van der Waals surface area contributed by atoms with Crippen LogP contribution in [0.15, 0.2) is 42.5 Å². The Morgan fingerprint density at radius 1 is 1.08 bits per heavy atom. The van der Waals surface area contributed by atoms with Crippen molar-refractivity contribution in [2.24, 2.45) is 0 Å². The van der Waals surface area contributed by atoms with Crippen LogP contribution in [-0.4, -0.2) is 23.6 Å². The maximum Gasteiger partial charge on any atom is 0.338 e. The molecule has 0 aliphatic heterocycles. The molecule has 1 aliphatic carbocycles. The molecule has 0 spiro atoms. The second-order valence-corrected chi connectivity index (χ2v) is 6.65. The highest BCUT2D eigenvalue weighted by Crippen LogP contribution is 2.24. The maximum atomic E-state index is 12.1. The van der Waals surface area contributed by atoms with Crippen LogP contribution in [0.3, 0.4) is 0 Å². The van der Waals surface area contributed by atoms with E-state index in [-0.39, 0.29) is 24.3 Å². The summed E-state index contributed by atoms with van der Waals surface area (Å²) in [7, 11) is 0. The van der Waals surface area contributed by atoms with Gasteiger partial charge in [-0.05, 0) is 73.6 Å². The van der Waals surface area contributed by atoms with Crippen molar-refractivity contribution in [3.8, 4) is 5.75 Å². The molecule has 26 heavy (non-hydrogen) atoms. The Morgan fingerprint density at radius 3 is 2.50 bits per heavy atom. The van der Waals surface area contributed by atoms with Gasteiger partial charge in [-0.25, -0.2) is 4.79 Å². The quantitative estimate of drug-likeness (QED) is 0.809. The number of carbonyl (C=O) groups excluding carboxylic acids is 2. The number of nitrogens with one attached hydrogen (secondary N) is 1. The van der Waals surface area contributed by atoms with E-state index in [0.29, 0.717) is 5.56 Å². The molecule has 0 saturated heterocycles. The van der Waals surface area contributed by atoms with Crippen molar-refractivity contribution in [2.75, 3.05) is 6.61 Å². The van der Waals surface area contributed by atoms with E-state index in [0.717, 1.165) is 18.4 Å². The summed E-state index contributed by atoms with van der Waals surface area (Å²) in [4.78, 5) is 24.0. The standard InChI is InChI=1S/C21H23NO4/c1-14(17-7-6-15-4-2-3-5-18(15)12-17)22-20(24)13-26-21(25)16-8-10-19(23)11-9-16/h6-12,14,23H,2-5,13H2,1H3,(H,22,24)/t14-/m1/s1. The van der Waals surface area contributed by atoms with Crippen LogP contribution in [-0.2, 0) is 22.4 Å². The maximum absolute atomic E-state index is 12.1. The van der Waals surface area contributed by atoms with Crippen molar-refractivity contribution in [2.45, 2.75) is 38.6 Å². The summed E-state index contributed by atoms with van der Waals surface area (Å²) < 4.78 is 5.02. The number of aryl methyl sites for hydroxylation is 2. The average Bonchev–Trinajstić information content (AvgIpc) is 2.66. The monoisotopic (exact) mass is 353 g/mol. The van der Waals surface area contributed by atoms with Gasteiger partial charge in [0.2, 0.25) is 0 Å². The number of hydrogen-bond donors (Lipinski definition) is 2. The van der Waals surface area contributed by atoms with Gasteiger partial charge in [-0.2, -0.15) is 0 Å². The third-order valence-electron chi connectivity index (χ3n) is 4.69. The highest BCUT2D eigenvalue weighted by molar-refractivity contribution is 5.91. The molecule has 2 N–H and O–H groups in total. The lowest BCUT2D eigenvalue weighted by molar-refractivity contribution is -0.124. The van der Waals surface area contributed by atoms with Crippen molar-refractivity contribution >= 4 is 11.9 Å². The largest absolute Gasteiger partial charge is 0.508 e. The van der Waals surface area contributed by atoms with E-state index in [1.165, 1.54) is 48.2 Å². The van der Waals surface area contributed by atoms with Gasteiger partial charge in [-0.3, -0.25) is 4.79 Å². The Labute approximate surface area is 153 Å². The Morgan fingerprint density at radius 2 is 1.77 bits per heavy atom. The van der Waals surface area contributed by atoms with Crippen LogP contribution in [0.5, 0.6) is 5.75 Å². The molecule has 2 aromatic carbocycles. The highest BCUT2D eigenvalue weighted by Gasteiger charge is 2.15. The first-order valence-corrected chi connectivity index (χ1v) is 8.90. The minimum Gasteiger partial charge on any atom is -0.508 e. The van der Waals surface area contributed by atoms with Gasteiger partial charge in [0.25, 0.3) is 5.91 Å². The molecular formula is C21H23NO4. The second kappa shape index (κ2) is 8.04. The summed E-state index contributed by atoms with van der Waals surface area (Å²) in [6.45, 7) is 1.58. The summed E-state index contributed by atoms with van der Waals surface area (Å²) in [6.07, 6.45) is 4.67. The smallest absolute Gasteiger partial charge is 0.338 e. The van der Waals surface area contributed by atoms with Gasteiger partial charge >= 0.3 is 5.97 Å². The van der Waals surface area contributed by atoms with Crippen LogP contribution in [0.2, 0.25) is 0 Å². The Hall–Kier alpha value is -2.82. The van der Waals surface area contributed by atoms with Gasteiger partial charge in [0, 0.05) is 0 Å². The molecule has 0 fully saturated rings. The molecule has 1 amide bonds. The number of rotatable bonds is 5. The highest BCUT2D eigenvalue weighted by atomic mass is 16.5. The summed E-state index contributed by atoms with van der Waals surface area (Å²) in [5.41, 5.74) is 4.12. The molecule has 0 radical (unpaired) electrons. The molecule has 0 aromatic heterocycles. The third kappa shape index (κ3) is 4.42. The fourth-order valence-corrected chi connectivity index (χ4v) is 3.20. The summed E-state index contributed by atoms with van der Waals surface area (Å²) in [5.74, 6) is -0.873. The fourth-order valence-electron chi connectivity index (χ4n) is 3.20. The number of esters is 1. The van der Waals surface area contributed by atoms with Gasteiger partial charge < -0.3 is 15.2 Å². The summed E-state index contributed by atoms with van der Waals surface area (Å²) in [6, 6.07) is 11.9. The van der Waals surface area contributed by atoms with Crippen LogP contribution < -0.4 is 5.32 Å². The average molecular weight is 353 g/mol. The predicted octanol–water partition coefficient (Wildman–Crippen LogP) is 3.31. The van der Waals surface area contributed by atoms with E-state index in [4.69, 9.17) is 4.74 Å². The Balaban J connectivity index is 1.52. The van der Waals surface area contributed by atoms with E-state index in [1.807, 2.05) is 6.92 Å². The van der Waals surface area contributed by atoms with Gasteiger partial charge in [0.15, 0.2) is 6.61 Å². The molecule has 3 rings (SSSR count). The second-order valence-electron chi connectivity index (χ2n) is 6.65. The fraction of sp³-hybridized carbons (Fsp3) is 0.333. The number of phenolic OH excluding ortho intramolecular Hbond substituents is 1. The first kappa shape index (κ1) is 18.0. The van der Waals surface area contributed by atoms with E-state index in [9.17, 15) is 14.7 Å². The number of fused-ring (bicyclic) bond motifs is 1. The Bertz CT molecular complexity index is 798. The minimum absolute atomic E-state index is 0.0677. The zero-order chi connectivity index (χ0) is 18.5. The Kier molecular flexibility index (Phi) is 5.56. The van der Waals surface area contributed by atoms with Crippen LogP contribution in [0.4, 0.5) is 0 Å². The number of phenols is 1. The van der Waals surface area contributed by atoms with Gasteiger partial charge in [0.05, 0.1) is 11.6 Å². The van der Waals surface area contributed by atoms with Crippen LogP contribution in [0.1, 0.15) is 52.9 Å². The van der Waals surface area contributed by atoms with Gasteiger partial charge in [0.1, 0.15) is 5.75 Å². The molecular weight excluding hydrogens is 330 g/mol. The number of hydrogen-bond acceptors (Lipinski definition) is 4. The van der Waals surface area contributed by atoms with Crippen LogP contribution >= 0.6 is 0 Å². The normalized spacial score (nSPS) is 14.2. The first-order chi connectivity index (χ1) is 12.5. The molecule has 0 saturated carbocycles. The molecule has 5 nitrogen and oxygen atoms in total. The zero-order valence-electron chi connectivity index (χ0n) is 14.8. The lowest BCUT2D eigenvalue weighted by Crippen LogP contribution is -2.31. The van der Waals surface area contributed by atoms with Crippen molar-refractivity contribution in [1.29, 1.82) is 0 Å². The van der Waals surface area contributed by atoms with E-state index in [2.05, 4.69) is 23.5 Å². The van der Waals surface area contributed by atoms with E-state index >= 15 is 0 Å². The molecule has 0 unspecified atom stereocenters. The molecule has 0 bridgehead atoms. The molecule has 136 valence electrons. The molecule has 0 heterocycles. The minimum atomic E-state index is -0.596. The van der Waals surface area contributed by atoms with E-state index < -0.39 is 5.97 Å². The summed E-state index contributed by atoms with van der Waals surface area (Å²) in [5, 5.41) is 12.1. The summed E-state index contributed by atoms with van der Waals surface area (Å²) >= 11 is 0. The number of amides is 1. The topological polar surface area (TPSA) is 75.6 Å². The van der Waals surface area contributed by atoms with Gasteiger partial charge in [-0.15, -0.1) is 0 Å². The van der Waals surface area contributed by atoms with Crippen LogP contribution in [0.25, 0.3) is 0 Å². The van der Waals surface area contributed by atoms with Crippen molar-refractivity contribution < 1.29 is 19.4 Å². The van der Waals surface area contributed by atoms with Gasteiger partial charge in [-0.1, -0.05) is 18.2 Å². The molecule has 1 atom stereocenters. The van der Waals surface area contributed by atoms with E-state index in [1.54, 1.807) is 0 Å². The number of carbonyl (C=O) groups is 2. The molecule has 5 heteroatoms. The molecule has 2 aromatic rings. The van der Waals surface area contributed by atoms with Crippen molar-refractivity contribution in [3.63, 3.8) is 0 Å². The number of aromatic hydroxyl groups is 1.